The van der Waals surface area contributed by atoms with E-state index in [0.717, 1.165) is 37.3 Å². The first kappa shape index (κ1) is 15.3. The highest BCUT2D eigenvalue weighted by molar-refractivity contribution is 6.17. The van der Waals surface area contributed by atoms with E-state index in [9.17, 15) is 0 Å². The highest BCUT2D eigenvalue weighted by Gasteiger charge is 2.12. The van der Waals surface area contributed by atoms with Crippen LogP contribution in [-0.4, -0.2) is 17.6 Å². The number of alkyl halides is 1. The molecule has 3 heteroatoms. The van der Waals surface area contributed by atoms with Gasteiger partial charge in [-0.15, -0.1) is 11.6 Å². The number of halogens is 1. The summed E-state index contributed by atoms with van der Waals surface area (Å²) < 4.78 is 0. The molecule has 1 aromatic rings. The van der Waals surface area contributed by atoms with E-state index in [2.05, 4.69) is 44.7 Å². The molecule has 0 fully saturated rings. The maximum absolute atomic E-state index is 5.99. The van der Waals surface area contributed by atoms with E-state index in [0.29, 0.717) is 11.9 Å². The van der Waals surface area contributed by atoms with Gasteiger partial charge in [-0.25, -0.2) is 4.98 Å². The molecule has 0 aliphatic heterocycles. The first-order chi connectivity index (χ1) is 8.62. The molecule has 1 aromatic heterocycles. The third-order valence-electron chi connectivity index (χ3n) is 2.97. The van der Waals surface area contributed by atoms with Crippen LogP contribution in [0.2, 0.25) is 0 Å². The third kappa shape index (κ3) is 4.16. The lowest BCUT2D eigenvalue weighted by Crippen LogP contribution is -2.32. The molecule has 102 valence electrons. The fourth-order valence-corrected chi connectivity index (χ4v) is 2.27. The molecule has 0 saturated carbocycles. The normalized spacial score (nSPS) is 11.0. The molecule has 0 saturated heterocycles. The zero-order valence-electron chi connectivity index (χ0n) is 12.0. The van der Waals surface area contributed by atoms with Crippen LogP contribution in [0.25, 0.3) is 0 Å². The molecular weight excluding hydrogens is 244 g/mol. The van der Waals surface area contributed by atoms with Gasteiger partial charge >= 0.3 is 0 Å². The molecular formula is C15H25ClN2. The van der Waals surface area contributed by atoms with Crippen LogP contribution in [0.3, 0.4) is 0 Å². The van der Waals surface area contributed by atoms with E-state index in [1.54, 1.807) is 0 Å². The molecule has 0 aromatic carbocycles. The van der Waals surface area contributed by atoms with Crippen molar-refractivity contribution in [2.75, 3.05) is 11.4 Å². The largest absolute Gasteiger partial charge is 0.354 e. The van der Waals surface area contributed by atoms with Gasteiger partial charge in [0, 0.05) is 24.2 Å². The molecule has 0 radical (unpaired) electrons. The minimum Gasteiger partial charge on any atom is -0.354 e. The second-order valence-electron chi connectivity index (χ2n) is 5.00. The Labute approximate surface area is 116 Å². The first-order valence-corrected chi connectivity index (χ1v) is 7.48. The van der Waals surface area contributed by atoms with Gasteiger partial charge in [0.15, 0.2) is 0 Å². The van der Waals surface area contributed by atoms with E-state index in [4.69, 9.17) is 16.6 Å². The Bertz CT molecular complexity index is 364. The lowest BCUT2D eigenvalue weighted by molar-refractivity contribution is 0.659. The minimum atomic E-state index is 0.470. The van der Waals surface area contributed by atoms with E-state index < -0.39 is 0 Å². The smallest absolute Gasteiger partial charge is 0.129 e. The predicted molar refractivity (Wildman–Crippen MR) is 80.6 cm³/mol. The van der Waals surface area contributed by atoms with Gasteiger partial charge in [-0.1, -0.05) is 20.3 Å². The number of hydrogen-bond donors (Lipinski definition) is 0. The van der Waals surface area contributed by atoms with Gasteiger partial charge in [0.1, 0.15) is 5.82 Å². The van der Waals surface area contributed by atoms with Crippen molar-refractivity contribution in [2.45, 2.75) is 58.9 Å². The van der Waals surface area contributed by atoms with Crippen LogP contribution in [0.5, 0.6) is 0 Å². The van der Waals surface area contributed by atoms with Gasteiger partial charge in [0.2, 0.25) is 0 Å². The van der Waals surface area contributed by atoms with Crippen molar-refractivity contribution in [2.24, 2.45) is 0 Å². The molecule has 0 bridgehead atoms. The third-order valence-corrected chi connectivity index (χ3v) is 3.28. The Balaban J connectivity index is 3.07. The molecule has 1 rings (SSSR count). The molecule has 2 nitrogen and oxygen atoms in total. The average Bonchev–Trinajstić information content (AvgIpc) is 2.35. The second kappa shape index (κ2) is 7.63. The van der Waals surface area contributed by atoms with Crippen LogP contribution >= 0.6 is 11.6 Å². The van der Waals surface area contributed by atoms with Gasteiger partial charge in [-0.05, 0) is 44.4 Å². The van der Waals surface area contributed by atoms with Gasteiger partial charge in [0.25, 0.3) is 0 Å². The number of pyridine rings is 1. The van der Waals surface area contributed by atoms with Crippen LogP contribution in [0.15, 0.2) is 12.1 Å². The fourth-order valence-electron chi connectivity index (χ4n) is 2.12. The summed E-state index contributed by atoms with van der Waals surface area (Å²) >= 11 is 5.99. The number of nitrogens with zero attached hydrogens (tertiary/aromatic N) is 2. The number of aromatic nitrogens is 1. The van der Waals surface area contributed by atoms with Crippen LogP contribution in [-0.2, 0) is 12.3 Å². The maximum atomic E-state index is 5.99. The average molecular weight is 269 g/mol. The minimum absolute atomic E-state index is 0.470. The predicted octanol–water partition coefficient (Wildman–Crippen LogP) is 4.40. The van der Waals surface area contributed by atoms with Crippen LogP contribution < -0.4 is 4.90 Å². The topological polar surface area (TPSA) is 16.1 Å². The van der Waals surface area contributed by atoms with Crippen molar-refractivity contribution in [1.82, 2.24) is 4.98 Å². The van der Waals surface area contributed by atoms with Crippen molar-refractivity contribution in [3.05, 3.63) is 23.4 Å². The van der Waals surface area contributed by atoms with Crippen molar-refractivity contribution in [3.8, 4) is 0 Å². The quantitative estimate of drug-likeness (QED) is 0.682. The molecule has 0 amide bonds. The lowest BCUT2D eigenvalue weighted by Gasteiger charge is -2.28. The molecule has 0 atom stereocenters. The molecule has 0 N–H and O–H groups in total. The molecule has 0 unspecified atom stereocenters. The summed E-state index contributed by atoms with van der Waals surface area (Å²) in [5.41, 5.74) is 2.33. The standard InChI is InChI=1S/C15H25ClN2/c1-5-7-14-9-13(11-16)10-15(17-14)18(8-6-2)12(3)4/h9-10,12H,5-8,11H2,1-4H3. The van der Waals surface area contributed by atoms with Crippen molar-refractivity contribution in [1.29, 1.82) is 0 Å². The number of aryl methyl sites for hydroxylation is 1. The maximum Gasteiger partial charge on any atom is 0.129 e. The summed E-state index contributed by atoms with van der Waals surface area (Å²) in [4.78, 5) is 7.13. The van der Waals surface area contributed by atoms with Crippen molar-refractivity contribution < 1.29 is 0 Å². The monoisotopic (exact) mass is 268 g/mol. The zero-order chi connectivity index (χ0) is 13.5. The molecule has 0 spiro atoms. The van der Waals surface area contributed by atoms with E-state index in [-0.39, 0.29) is 0 Å². The summed E-state index contributed by atoms with van der Waals surface area (Å²) in [6.07, 6.45) is 3.28. The zero-order valence-corrected chi connectivity index (χ0v) is 12.8. The van der Waals surface area contributed by atoms with Crippen molar-refractivity contribution >= 4 is 17.4 Å². The Morgan fingerprint density at radius 1 is 1.22 bits per heavy atom. The fraction of sp³-hybridized carbons (Fsp3) is 0.667. The number of rotatable bonds is 7. The summed E-state index contributed by atoms with van der Waals surface area (Å²) in [5.74, 6) is 1.64. The van der Waals surface area contributed by atoms with Crippen LogP contribution in [0, 0.1) is 0 Å². The molecule has 18 heavy (non-hydrogen) atoms. The second-order valence-corrected chi connectivity index (χ2v) is 5.26. The van der Waals surface area contributed by atoms with E-state index >= 15 is 0 Å². The first-order valence-electron chi connectivity index (χ1n) is 6.94. The Kier molecular flexibility index (Phi) is 6.48. The summed E-state index contributed by atoms with van der Waals surface area (Å²) in [6.45, 7) is 9.85. The van der Waals surface area contributed by atoms with Crippen LogP contribution in [0.1, 0.15) is 51.8 Å². The molecule has 0 aliphatic rings. The summed E-state index contributed by atoms with van der Waals surface area (Å²) in [7, 11) is 0. The Hall–Kier alpha value is -0.760. The summed E-state index contributed by atoms with van der Waals surface area (Å²) in [6, 6.07) is 4.73. The SMILES string of the molecule is CCCc1cc(CCl)cc(N(CCC)C(C)C)n1. The Morgan fingerprint density at radius 3 is 2.44 bits per heavy atom. The molecule has 1 heterocycles. The van der Waals surface area contributed by atoms with Gasteiger partial charge in [0.05, 0.1) is 0 Å². The number of hydrogen-bond acceptors (Lipinski definition) is 2. The molecule has 0 aliphatic carbocycles. The van der Waals surface area contributed by atoms with E-state index in [1.807, 2.05) is 0 Å². The van der Waals surface area contributed by atoms with Gasteiger partial charge in [-0.2, -0.15) is 0 Å². The highest BCUT2D eigenvalue weighted by atomic mass is 35.5. The summed E-state index contributed by atoms with van der Waals surface area (Å²) in [5, 5.41) is 0. The van der Waals surface area contributed by atoms with E-state index in [1.165, 1.54) is 5.56 Å². The van der Waals surface area contributed by atoms with Gasteiger partial charge < -0.3 is 4.90 Å². The lowest BCUT2D eigenvalue weighted by atomic mass is 10.1. The number of anilines is 1. The van der Waals surface area contributed by atoms with Crippen LogP contribution in [0.4, 0.5) is 5.82 Å². The van der Waals surface area contributed by atoms with Gasteiger partial charge in [-0.3, -0.25) is 0 Å². The highest BCUT2D eigenvalue weighted by Crippen LogP contribution is 2.20. The van der Waals surface area contributed by atoms with Crippen molar-refractivity contribution in [3.63, 3.8) is 0 Å². The Morgan fingerprint density at radius 2 is 1.94 bits per heavy atom.